The highest BCUT2D eigenvalue weighted by Crippen LogP contribution is 2.26. The maximum absolute atomic E-state index is 13.0. The minimum absolute atomic E-state index is 0.312. The van der Waals surface area contributed by atoms with E-state index in [0.717, 1.165) is 0 Å². The third-order valence-electron chi connectivity index (χ3n) is 2.93. The van der Waals surface area contributed by atoms with E-state index in [1.54, 1.807) is 30.5 Å². The van der Waals surface area contributed by atoms with E-state index in [2.05, 4.69) is 10.2 Å². The SMILES string of the molecule is COC(=O)c1c(-c2ccc(F)cc2)nn2ncccc12. The Morgan fingerprint density at radius 3 is 2.70 bits per heavy atom. The first-order valence-corrected chi connectivity index (χ1v) is 5.89. The van der Waals surface area contributed by atoms with Crippen molar-refractivity contribution in [1.29, 1.82) is 0 Å². The molecule has 0 aliphatic rings. The molecule has 0 saturated carbocycles. The highest BCUT2D eigenvalue weighted by molar-refractivity contribution is 6.03. The third-order valence-corrected chi connectivity index (χ3v) is 2.93. The van der Waals surface area contributed by atoms with Crippen LogP contribution in [-0.2, 0) is 4.74 Å². The summed E-state index contributed by atoms with van der Waals surface area (Å²) >= 11 is 0. The summed E-state index contributed by atoms with van der Waals surface area (Å²) in [4.78, 5) is 12.0. The van der Waals surface area contributed by atoms with E-state index in [1.165, 1.54) is 23.9 Å². The molecule has 100 valence electrons. The number of methoxy groups -OCH3 is 1. The topological polar surface area (TPSA) is 56.5 Å². The van der Waals surface area contributed by atoms with Gasteiger partial charge in [0.1, 0.15) is 22.6 Å². The van der Waals surface area contributed by atoms with Gasteiger partial charge in [0.25, 0.3) is 0 Å². The lowest BCUT2D eigenvalue weighted by Gasteiger charge is -2.01. The Kier molecular flexibility index (Phi) is 2.90. The fraction of sp³-hybridized carbons (Fsp3) is 0.0714. The van der Waals surface area contributed by atoms with Gasteiger partial charge in [-0.15, -0.1) is 5.10 Å². The predicted molar refractivity (Wildman–Crippen MR) is 69.7 cm³/mol. The zero-order valence-corrected chi connectivity index (χ0v) is 10.6. The Bertz CT molecular complexity index is 781. The van der Waals surface area contributed by atoms with Gasteiger partial charge in [0.15, 0.2) is 0 Å². The number of benzene rings is 1. The summed E-state index contributed by atoms with van der Waals surface area (Å²) in [6, 6.07) is 9.17. The number of carbonyl (C=O) groups is 1. The van der Waals surface area contributed by atoms with Crippen LogP contribution in [0.4, 0.5) is 4.39 Å². The molecule has 3 rings (SSSR count). The Labute approximate surface area is 113 Å². The average molecular weight is 271 g/mol. The van der Waals surface area contributed by atoms with Gasteiger partial charge >= 0.3 is 5.97 Å². The molecule has 5 nitrogen and oxygen atoms in total. The molecular weight excluding hydrogens is 261 g/mol. The summed E-state index contributed by atoms with van der Waals surface area (Å²) in [6.45, 7) is 0. The number of hydrogen-bond acceptors (Lipinski definition) is 4. The molecule has 2 aromatic heterocycles. The Hall–Kier alpha value is -2.76. The van der Waals surface area contributed by atoms with Crippen LogP contribution in [0.2, 0.25) is 0 Å². The zero-order chi connectivity index (χ0) is 14.1. The predicted octanol–water partition coefficient (Wildman–Crippen LogP) is 2.32. The van der Waals surface area contributed by atoms with Crippen molar-refractivity contribution in [3.63, 3.8) is 0 Å². The number of halogens is 1. The quantitative estimate of drug-likeness (QED) is 0.671. The second-order valence-electron chi connectivity index (χ2n) is 4.12. The fourth-order valence-corrected chi connectivity index (χ4v) is 2.01. The summed E-state index contributed by atoms with van der Waals surface area (Å²) in [5, 5.41) is 8.31. The fourth-order valence-electron chi connectivity index (χ4n) is 2.01. The number of esters is 1. The summed E-state index contributed by atoms with van der Waals surface area (Å²) in [7, 11) is 1.30. The molecule has 2 heterocycles. The molecular formula is C14H10FN3O2. The first kappa shape index (κ1) is 12.3. The normalized spacial score (nSPS) is 10.7. The van der Waals surface area contributed by atoms with Crippen LogP contribution in [-0.4, -0.2) is 27.9 Å². The first-order chi connectivity index (χ1) is 9.70. The van der Waals surface area contributed by atoms with Crippen molar-refractivity contribution in [2.24, 2.45) is 0 Å². The molecule has 0 atom stereocenters. The standard InChI is InChI=1S/C14H10FN3O2/c1-20-14(19)12-11-3-2-8-16-18(11)17-13(12)9-4-6-10(15)7-5-9/h2-8H,1H3. The molecule has 0 amide bonds. The van der Waals surface area contributed by atoms with E-state index in [-0.39, 0.29) is 5.82 Å². The van der Waals surface area contributed by atoms with Gasteiger partial charge in [-0.05, 0) is 36.4 Å². The monoisotopic (exact) mass is 271 g/mol. The van der Waals surface area contributed by atoms with Crippen molar-refractivity contribution in [3.05, 3.63) is 54.0 Å². The van der Waals surface area contributed by atoms with Crippen molar-refractivity contribution in [2.75, 3.05) is 7.11 Å². The van der Waals surface area contributed by atoms with E-state index in [9.17, 15) is 9.18 Å². The van der Waals surface area contributed by atoms with Crippen LogP contribution in [0.15, 0.2) is 42.6 Å². The molecule has 0 fully saturated rings. The molecule has 1 aromatic carbocycles. The Morgan fingerprint density at radius 2 is 2.00 bits per heavy atom. The second-order valence-corrected chi connectivity index (χ2v) is 4.12. The van der Waals surface area contributed by atoms with Gasteiger partial charge in [0.2, 0.25) is 0 Å². The summed E-state index contributed by atoms with van der Waals surface area (Å²) < 4.78 is 19.1. The summed E-state index contributed by atoms with van der Waals surface area (Å²) in [5.41, 5.74) is 1.89. The first-order valence-electron chi connectivity index (χ1n) is 5.89. The minimum atomic E-state index is -0.507. The summed E-state index contributed by atoms with van der Waals surface area (Å²) in [5.74, 6) is -0.859. The minimum Gasteiger partial charge on any atom is -0.465 e. The van der Waals surface area contributed by atoms with Gasteiger partial charge < -0.3 is 4.74 Å². The van der Waals surface area contributed by atoms with Crippen LogP contribution in [0, 0.1) is 5.82 Å². The van der Waals surface area contributed by atoms with Crippen LogP contribution < -0.4 is 0 Å². The third kappa shape index (κ3) is 1.91. The molecule has 0 spiro atoms. The number of carbonyl (C=O) groups excluding carboxylic acids is 1. The van der Waals surface area contributed by atoms with Crippen molar-refractivity contribution in [1.82, 2.24) is 14.8 Å². The number of aromatic nitrogens is 3. The van der Waals surface area contributed by atoms with E-state index in [1.807, 2.05) is 0 Å². The molecule has 0 N–H and O–H groups in total. The maximum Gasteiger partial charge on any atom is 0.342 e. The summed E-state index contributed by atoms with van der Waals surface area (Å²) in [6.07, 6.45) is 1.56. The molecule has 0 unspecified atom stereocenters. The molecule has 0 saturated heterocycles. The number of nitrogens with zero attached hydrogens (tertiary/aromatic N) is 3. The smallest absolute Gasteiger partial charge is 0.342 e. The molecule has 3 aromatic rings. The van der Waals surface area contributed by atoms with Crippen molar-refractivity contribution in [2.45, 2.75) is 0 Å². The zero-order valence-electron chi connectivity index (χ0n) is 10.6. The maximum atomic E-state index is 13.0. The van der Waals surface area contributed by atoms with Gasteiger partial charge in [0, 0.05) is 11.8 Å². The highest BCUT2D eigenvalue weighted by Gasteiger charge is 2.21. The lowest BCUT2D eigenvalue weighted by Crippen LogP contribution is -2.02. The lowest BCUT2D eigenvalue weighted by atomic mass is 10.1. The lowest BCUT2D eigenvalue weighted by molar-refractivity contribution is 0.0604. The number of fused-ring (bicyclic) bond motifs is 1. The molecule has 0 bridgehead atoms. The van der Waals surface area contributed by atoms with Gasteiger partial charge in [-0.25, -0.2) is 9.18 Å². The molecule has 6 heteroatoms. The largest absolute Gasteiger partial charge is 0.465 e. The number of rotatable bonds is 2. The van der Waals surface area contributed by atoms with E-state index < -0.39 is 5.97 Å². The number of hydrogen-bond donors (Lipinski definition) is 0. The average Bonchev–Trinajstić information content (AvgIpc) is 2.86. The van der Waals surface area contributed by atoms with Crippen LogP contribution in [0.1, 0.15) is 10.4 Å². The van der Waals surface area contributed by atoms with Crippen LogP contribution >= 0.6 is 0 Å². The van der Waals surface area contributed by atoms with E-state index in [4.69, 9.17) is 4.74 Å². The Balaban J connectivity index is 2.29. The van der Waals surface area contributed by atoms with Crippen molar-refractivity contribution in [3.8, 4) is 11.3 Å². The van der Waals surface area contributed by atoms with Gasteiger partial charge in [0.05, 0.1) is 7.11 Å². The van der Waals surface area contributed by atoms with Crippen molar-refractivity contribution >= 4 is 11.5 Å². The molecule has 0 aliphatic carbocycles. The molecule has 0 aliphatic heterocycles. The van der Waals surface area contributed by atoms with Gasteiger partial charge in [-0.2, -0.15) is 9.73 Å². The number of ether oxygens (including phenoxy) is 1. The molecule has 20 heavy (non-hydrogen) atoms. The molecule has 0 radical (unpaired) electrons. The van der Waals surface area contributed by atoms with E-state index in [0.29, 0.717) is 22.3 Å². The van der Waals surface area contributed by atoms with Crippen molar-refractivity contribution < 1.29 is 13.9 Å². The highest BCUT2D eigenvalue weighted by atomic mass is 19.1. The van der Waals surface area contributed by atoms with Gasteiger partial charge in [-0.1, -0.05) is 0 Å². The van der Waals surface area contributed by atoms with Crippen LogP contribution in [0.5, 0.6) is 0 Å². The Morgan fingerprint density at radius 1 is 1.25 bits per heavy atom. The van der Waals surface area contributed by atoms with Gasteiger partial charge in [-0.3, -0.25) is 0 Å². The van der Waals surface area contributed by atoms with E-state index >= 15 is 0 Å². The van der Waals surface area contributed by atoms with Crippen LogP contribution in [0.25, 0.3) is 16.8 Å². The van der Waals surface area contributed by atoms with Crippen LogP contribution in [0.3, 0.4) is 0 Å². The second kappa shape index (κ2) is 4.73.